The highest BCUT2D eigenvalue weighted by Crippen LogP contribution is 2.20. The van der Waals surface area contributed by atoms with E-state index in [0.717, 1.165) is 19.3 Å². The number of hydrogen-bond donors (Lipinski definition) is 0. The van der Waals surface area contributed by atoms with E-state index in [1.165, 1.54) is 75.2 Å². The van der Waals surface area contributed by atoms with E-state index >= 15 is 0 Å². The maximum Gasteiger partial charge on any atom is 0.410 e. The lowest BCUT2D eigenvalue weighted by atomic mass is 10.1. The predicted molar refractivity (Wildman–Crippen MR) is 113 cm³/mol. The molecule has 1 fully saturated rings. The fourth-order valence-corrected chi connectivity index (χ4v) is 3.66. The molecule has 28 heavy (non-hydrogen) atoms. The molecule has 1 aliphatic heterocycles. The fourth-order valence-electron chi connectivity index (χ4n) is 3.66. The molecule has 5 nitrogen and oxygen atoms in total. The van der Waals surface area contributed by atoms with Crippen molar-refractivity contribution in [1.29, 1.82) is 0 Å². The lowest BCUT2D eigenvalue weighted by molar-refractivity contribution is -0.148. The molecule has 0 aromatic heterocycles. The maximum atomic E-state index is 12.2. The molecule has 1 saturated heterocycles. The molecular formula is C23H41NO4. The van der Waals surface area contributed by atoms with Crippen LogP contribution in [0.2, 0.25) is 0 Å². The third kappa shape index (κ3) is 10.7. The summed E-state index contributed by atoms with van der Waals surface area (Å²) in [4.78, 5) is 25.7. The number of carbonyl (C=O) groups excluding carboxylic acids is 2. The van der Waals surface area contributed by atoms with Crippen molar-refractivity contribution in [2.24, 2.45) is 0 Å². The van der Waals surface area contributed by atoms with Gasteiger partial charge in [0.15, 0.2) is 0 Å². The third-order valence-corrected chi connectivity index (χ3v) is 5.33. The Balaban J connectivity index is 1.98. The van der Waals surface area contributed by atoms with E-state index in [1.807, 2.05) is 0 Å². The summed E-state index contributed by atoms with van der Waals surface area (Å²) in [6, 6.07) is -0.491. The Bertz CT molecular complexity index is 438. The lowest BCUT2D eigenvalue weighted by Crippen LogP contribution is -2.41. The van der Waals surface area contributed by atoms with Gasteiger partial charge >= 0.3 is 12.1 Å². The molecule has 1 atom stereocenters. The summed E-state index contributed by atoms with van der Waals surface area (Å²) in [5, 5.41) is 0. The van der Waals surface area contributed by atoms with Crippen LogP contribution >= 0.6 is 0 Å². The van der Waals surface area contributed by atoms with Gasteiger partial charge < -0.3 is 9.47 Å². The largest absolute Gasteiger partial charge is 0.464 e. The molecule has 0 radical (unpaired) electrons. The fraction of sp³-hybridized carbons (Fsp3) is 0.826. The minimum absolute atomic E-state index is 0.163. The first-order valence-electron chi connectivity index (χ1n) is 11.4. The van der Waals surface area contributed by atoms with Gasteiger partial charge in [-0.1, -0.05) is 90.2 Å². The summed E-state index contributed by atoms with van der Waals surface area (Å²) in [7, 11) is 0. The first kappa shape index (κ1) is 24.5. The highest BCUT2D eigenvalue weighted by Gasteiger charge is 2.36. The van der Waals surface area contributed by atoms with Crippen molar-refractivity contribution >= 4 is 12.1 Å². The molecular weight excluding hydrogens is 354 g/mol. The summed E-state index contributed by atoms with van der Waals surface area (Å²) < 4.78 is 10.4. The Morgan fingerprint density at radius 1 is 0.929 bits per heavy atom. The molecule has 0 aromatic carbocycles. The molecule has 0 unspecified atom stereocenters. The van der Waals surface area contributed by atoms with E-state index in [4.69, 9.17) is 9.47 Å². The molecule has 0 aliphatic carbocycles. The normalized spacial score (nSPS) is 16.2. The van der Waals surface area contributed by atoms with E-state index < -0.39 is 12.1 Å². The molecule has 162 valence electrons. The maximum absolute atomic E-state index is 12.2. The van der Waals surface area contributed by atoms with E-state index in [0.29, 0.717) is 19.6 Å². The number of ether oxygens (including phenoxy) is 2. The van der Waals surface area contributed by atoms with E-state index in [2.05, 4.69) is 13.5 Å². The Morgan fingerprint density at radius 2 is 1.50 bits per heavy atom. The van der Waals surface area contributed by atoms with Crippen molar-refractivity contribution in [2.75, 3.05) is 19.8 Å². The molecule has 0 spiro atoms. The Morgan fingerprint density at radius 3 is 2.07 bits per heavy atom. The van der Waals surface area contributed by atoms with Crippen molar-refractivity contribution in [3.63, 3.8) is 0 Å². The van der Waals surface area contributed by atoms with Crippen LogP contribution in [-0.2, 0) is 14.3 Å². The highest BCUT2D eigenvalue weighted by molar-refractivity contribution is 5.82. The summed E-state index contributed by atoms with van der Waals surface area (Å²) in [6.45, 7) is 6.94. The highest BCUT2D eigenvalue weighted by atomic mass is 16.6. The molecule has 1 heterocycles. The van der Waals surface area contributed by atoms with Crippen LogP contribution in [0.3, 0.4) is 0 Å². The summed E-state index contributed by atoms with van der Waals surface area (Å²) >= 11 is 0. The van der Waals surface area contributed by atoms with Crippen LogP contribution < -0.4 is 0 Å². The SMILES string of the molecule is C=CCOC(=O)N1CCC[C@H]1C(=O)OCCCCCCCCCCCCCC. The molecule has 1 aliphatic rings. The molecule has 0 bridgehead atoms. The monoisotopic (exact) mass is 395 g/mol. The number of carbonyl (C=O) groups is 2. The quantitative estimate of drug-likeness (QED) is 0.182. The van der Waals surface area contributed by atoms with Gasteiger partial charge in [0, 0.05) is 6.54 Å². The van der Waals surface area contributed by atoms with Crippen LogP contribution in [0.1, 0.15) is 96.8 Å². The minimum atomic E-state index is -0.491. The first-order chi connectivity index (χ1) is 13.7. The van der Waals surface area contributed by atoms with Gasteiger partial charge in [0.05, 0.1) is 6.61 Å². The third-order valence-electron chi connectivity index (χ3n) is 5.33. The second kappa shape index (κ2) is 16.4. The van der Waals surface area contributed by atoms with Crippen LogP contribution in [0, 0.1) is 0 Å². The van der Waals surface area contributed by atoms with Gasteiger partial charge in [0.2, 0.25) is 0 Å². The Hall–Kier alpha value is -1.52. The van der Waals surface area contributed by atoms with Crippen LogP contribution in [0.15, 0.2) is 12.7 Å². The first-order valence-corrected chi connectivity index (χ1v) is 11.4. The van der Waals surface area contributed by atoms with Crippen LogP contribution in [0.4, 0.5) is 4.79 Å². The molecule has 5 heteroatoms. The zero-order chi connectivity index (χ0) is 20.5. The smallest absolute Gasteiger partial charge is 0.410 e. The van der Waals surface area contributed by atoms with Crippen molar-refractivity contribution in [2.45, 2.75) is 103 Å². The lowest BCUT2D eigenvalue weighted by Gasteiger charge is -2.22. The number of esters is 1. The molecule has 1 rings (SSSR count). The van der Waals surface area contributed by atoms with Crippen LogP contribution in [-0.4, -0.2) is 42.8 Å². The van der Waals surface area contributed by atoms with Gasteiger partial charge in [-0.3, -0.25) is 4.90 Å². The average Bonchev–Trinajstić information content (AvgIpc) is 3.19. The molecule has 1 amide bonds. The number of unbranched alkanes of at least 4 members (excludes halogenated alkanes) is 11. The van der Waals surface area contributed by atoms with Gasteiger partial charge in [-0.2, -0.15) is 0 Å². The number of rotatable bonds is 16. The molecule has 0 N–H and O–H groups in total. The van der Waals surface area contributed by atoms with E-state index in [-0.39, 0.29) is 12.6 Å². The summed E-state index contributed by atoms with van der Waals surface area (Å²) in [6.07, 6.45) is 17.9. The second-order valence-corrected chi connectivity index (χ2v) is 7.77. The summed E-state index contributed by atoms with van der Waals surface area (Å²) in [5.74, 6) is -0.295. The van der Waals surface area contributed by atoms with Crippen molar-refractivity contribution in [1.82, 2.24) is 4.90 Å². The number of amides is 1. The summed E-state index contributed by atoms with van der Waals surface area (Å²) in [5.41, 5.74) is 0. The standard InChI is InChI=1S/C23H41NO4/c1-3-5-6-7-8-9-10-11-12-13-14-15-20-27-22(25)21-17-16-18-24(21)23(26)28-19-4-2/h4,21H,2-3,5-20H2,1H3/t21-/m0/s1. The van der Waals surface area contributed by atoms with Crippen LogP contribution in [0.5, 0.6) is 0 Å². The number of hydrogen-bond acceptors (Lipinski definition) is 4. The van der Waals surface area contributed by atoms with Gasteiger partial charge in [-0.25, -0.2) is 9.59 Å². The Kier molecular flexibility index (Phi) is 14.4. The van der Waals surface area contributed by atoms with Crippen molar-refractivity contribution in [3.05, 3.63) is 12.7 Å². The van der Waals surface area contributed by atoms with Gasteiger partial charge in [0.25, 0.3) is 0 Å². The van der Waals surface area contributed by atoms with Crippen molar-refractivity contribution in [3.8, 4) is 0 Å². The second-order valence-electron chi connectivity index (χ2n) is 7.77. The minimum Gasteiger partial charge on any atom is -0.464 e. The number of likely N-dealkylation sites (tertiary alicyclic amines) is 1. The zero-order valence-electron chi connectivity index (χ0n) is 18.0. The predicted octanol–water partition coefficient (Wildman–Crippen LogP) is 6.02. The topological polar surface area (TPSA) is 55.8 Å². The van der Waals surface area contributed by atoms with Crippen LogP contribution in [0.25, 0.3) is 0 Å². The van der Waals surface area contributed by atoms with Gasteiger partial charge in [-0.15, -0.1) is 0 Å². The van der Waals surface area contributed by atoms with E-state index in [1.54, 1.807) is 0 Å². The molecule has 0 aromatic rings. The number of nitrogens with zero attached hydrogens (tertiary/aromatic N) is 1. The Labute approximate surface area is 171 Å². The van der Waals surface area contributed by atoms with Crippen molar-refractivity contribution < 1.29 is 19.1 Å². The zero-order valence-corrected chi connectivity index (χ0v) is 18.0. The van der Waals surface area contributed by atoms with Gasteiger partial charge in [-0.05, 0) is 19.3 Å². The van der Waals surface area contributed by atoms with E-state index in [9.17, 15) is 9.59 Å². The molecule has 0 saturated carbocycles. The average molecular weight is 396 g/mol. The van der Waals surface area contributed by atoms with Gasteiger partial charge in [0.1, 0.15) is 12.6 Å².